The van der Waals surface area contributed by atoms with E-state index < -0.39 is 37.8 Å². The van der Waals surface area contributed by atoms with Crippen molar-refractivity contribution in [2.24, 2.45) is 7.05 Å². The third-order valence-electron chi connectivity index (χ3n) is 3.67. The van der Waals surface area contributed by atoms with Gasteiger partial charge in [0.15, 0.2) is 0 Å². The van der Waals surface area contributed by atoms with Gasteiger partial charge in [-0.05, 0) is 19.1 Å². The Morgan fingerprint density at radius 2 is 2.00 bits per heavy atom. The maximum absolute atomic E-state index is 13.3. The topological polar surface area (TPSA) is 93.1 Å². The Morgan fingerprint density at radius 3 is 2.56 bits per heavy atom. The number of aromatic nitrogens is 2. The van der Waals surface area contributed by atoms with Crippen LogP contribution < -0.4 is 10.0 Å². The molecule has 2 rings (SSSR count). The van der Waals surface area contributed by atoms with Gasteiger partial charge in [0, 0.05) is 32.1 Å². The fourth-order valence-electron chi connectivity index (χ4n) is 2.09. The van der Waals surface area contributed by atoms with Crippen molar-refractivity contribution in [3.63, 3.8) is 0 Å². The first-order valence-corrected chi connectivity index (χ1v) is 9.74. The van der Waals surface area contributed by atoms with Crippen LogP contribution in [-0.2, 0) is 17.1 Å². The molecule has 1 atom stereocenters. The summed E-state index contributed by atoms with van der Waals surface area (Å²) in [5.41, 5.74) is 0.153. The van der Waals surface area contributed by atoms with Gasteiger partial charge in [-0.25, -0.2) is 26.9 Å². The first kappa shape index (κ1) is 21.5. The average molecular weight is 441 g/mol. The van der Waals surface area contributed by atoms with Crippen LogP contribution in [0.5, 0.6) is 0 Å². The summed E-state index contributed by atoms with van der Waals surface area (Å²) in [6.07, 6.45) is 2.44. The smallest absolute Gasteiger partial charge is 0.273 e. The number of nitrogens with one attached hydrogen (secondary N) is 2. The molecule has 2 aromatic rings. The lowest BCUT2D eigenvalue weighted by molar-refractivity contribution is -0.00488. The Balaban J connectivity index is 2.34. The number of nitrogens with zero attached hydrogens (tertiary/aromatic N) is 2. The third-order valence-corrected chi connectivity index (χ3v) is 5.92. The first-order valence-electron chi connectivity index (χ1n) is 7.51. The van der Waals surface area contributed by atoms with Crippen molar-refractivity contribution < 1.29 is 22.0 Å². The lowest BCUT2D eigenvalue weighted by Gasteiger charge is -2.20. The second-order valence-corrected chi connectivity index (χ2v) is 8.34. The van der Waals surface area contributed by atoms with Crippen molar-refractivity contribution in [2.45, 2.75) is 30.7 Å². The Kier molecular flexibility index (Phi) is 6.15. The summed E-state index contributed by atoms with van der Waals surface area (Å²) < 4.78 is 54.5. The van der Waals surface area contributed by atoms with Crippen LogP contribution in [0.2, 0.25) is 10.2 Å². The molecular weight excluding hydrogens is 425 g/mol. The van der Waals surface area contributed by atoms with Crippen molar-refractivity contribution in [3.8, 4) is 0 Å². The molecule has 0 fully saturated rings. The number of sulfonamides is 1. The van der Waals surface area contributed by atoms with Crippen LogP contribution in [0.25, 0.3) is 0 Å². The highest BCUT2D eigenvalue weighted by atomic mass is 35.5. The van der Waals surface area contributed by atoms with Crippen molar-refractivity contribution in [1.29, 1.82) is 0 Å². The van der Waals surface area contributed by atoms with Crippen molar-refractivity contribution in [2.75, 3.05) is 5.32 Å². The molecule has 0 aliphatic carbocycles. The first-order chi connectivity index (χ1) is 12.3. The summed E-state index contributed by atoms with van der Waals surface area (Å²) >= 11 is 11.8. The Labute approximate surface area is 164 Å². The maximum atomic E-state index is 13.3. The highest BCUT2D eigenvalue weighted by Gasteiger charge is 2.36. The molecule has 2 N–H and O–H groups in total. The zero-order valence-corrected chi connectivity index (χ0v) is 16.8. The van der Waals surface area contributed by atoms with E-state index in [9.17, 15) is 22.0 Å². The van der Waals surface area contributed by atoms with Gasteiger partial charge in [0.05, 0.1) is 11.1 Å². The fourth-order valence-corrected chi connectivity index (χ4v) is 4.26. The molecule has 7 nitrogen and oxygen atoms in total. The predicted molar refractivity (Wildman–Crippen MR) is 98.0 cm³/mol. The SMILES string of the molecule is CC(NS(=O)(=O)c1cn(C)c(C(=O)Nc2ccnc(Cl)c2)c1Cl)C(C)(F)F. The van der Waals surface area contributed by atoms with Crippen molar-refractivity contribution in [1.82, 2.24) is 14.3 Å². The van der Waals surface area contributed by atoms with E-state index in [2.05, 4.69) is 10.3 Å². The quantitative estimate of drug-likeness (QED) is 0.673. The van der Waals surface area contributed by atoms with Crippen LogP contribution in [-0.4, -0.2) is 35.8 Å². The van der Waals surface area contributed by atoms with Gasteiger partial charge in [-0.2, -0.15) is 0 Å². The molecule has 0 aromatic carbocycles. The van der Waals surface area contributed by atoms with Gasteiger partial charge >= 0.3 is 0 Å². The van der Waals surface area contributed by atoms with E-state index in [4.69, 9.17) is 23.2 Å². The van der Waals surface area contributed by atoms with E-state index in [0.29, 0.717) is 12.6 Å². The van der Waals surface area contributed by atoms with Gasteiger partial charge in [-0.1, -0.05) is 23.2 Å². The monoisotopic (exact) mass is 440 g/mol. The van der Waals surface area contributed by atoms with Crippen LogP contribution in [0.15, 0.2) is 29.4 Å². The molecular formula is C15H16Cl2F2N4O3S. The molecule has 0 spiro atoms. The molecule has 0 aliphatic heterocycles. The van der Waals surface area contributed by atoms with Crippen molar-refractivity contribution in [3.05, 3.63) is 40.4 Å². The molecule has 0 aliphatic rings. The molecule has 1 amide bonds. The minimum atomic E-state index is -4.38. The summed E-state index contributed by atoms with van der Waals surface area (Å²) in [6, 6.07) is 1.20. The number of rotatable bonds is 6. The molecule has 12 heteroatoms. The van der Waals surface area contributed by atoms with Crippen LogP contribution in [0, 0.1) is 0 Å². The number of aryl methyl sites for hydroxylation is 1. The van der Waals surface area contributed by atoms with E-state index in [0.717, 1.165) is 13.1 Å². The summed E-state index contributed by atoms with van der Waals surface area (Å²) in [5, 5.41) is 2.26. The molecule has 0 radical (unpaired) electrons. The number of carbonyl (C=O) groups excluding carboxylic acids is 1. The van der Waals surface area contributed by atoms with Crippen molar-refractivity contribution >= 4 is 44.8 Å². The van der Waals surface area contributed by atoms with Gasteiger partial charge in [-0.15, -0.1) is 0 Å². The van der Waals surface area contributed by atoms with E-state index in [-0.39, 0.29) is 10.8 Å². The lowest BCUT2D eigenvalue weighted by atomic mass is 10.2. The Bertz CT molecular complexity index is 974. The van der Waals surface area contributed by atoms with E-state index in [1.54, 1.807) is 0 Å². The number of pyridine rings is 1. The number of amides is 1. The molecule has 1 unspecified atom stereocenters. The molecule has 2 aromatic heterocycles. The number of alkyl halides is 2. The number of hydrogen-bond donors (Lipinski definition) is 2. The normalized spacial score (nSPS) is 13.4. The zero-order chi connectivity index (χ0) is 20.6. The minimum absolute atomic E-state index is 0.146. The largest absolute Gasteiger partial charge is 0.344 e. The summed E-state index contributed by atoms with van der Waals surface area (Å²) in [6.45, 7) is 1.61. The highest BCUT2D eigenvalue weighted by molar-refractivity contribution is 7.89. The minimum Gasteiger partial charge on any atom is -0.344 e. The van der Waals surface area contributed by atoms with Crippen LogP contribution >= 0.6 is 23.2 Å². The lowest BCUT2D eigenvalue weighted by Crippen LogP contribution is -2.43. The summed E-state index contributed by atoms with van der Waals surface area (Å²) in [4.78, 5) is 15.8. The van der Waals surface area contributed by atoms with Gasteiger partial charge in [0.2, 0.25) is 10.0 Å². The molecule has 27 heavy (non-hydrogen) atoms. The Hall–Kier alpha value is -1.75. The van der Waals surface area contributed by atoms with Crippen LogP contribution in [0.1, 0.15) is 24.3 Å². The summed E-state index contributed by atoms with van der Waals surface area (Å²) in [5.74, 6) is -3.99. The number of anilines is 1. The standard InChI is InChI=1S/C15H16Cl2F2N4O3S/c1-8(15(2,18)19)22-27(25,26)10-7-23(3)13(12(10)17)14(24)21-9-4-5-20-11(16)6-9/h4-8,22H,1-3H3,(H,20,21,24). The van der Waals surface area contributed by atoms with Crippen LogP contribution in [0.3, 0.4) is 0 Å². The fraction of sp³-hybridized carbons (Fsp3) is 0.333. The molecule has 148 valence electrons. The molecule has 0 bridgehead atoms. The van der Waals surface area contributed by atoms with E-state index in [1.165, 1.54) is 29.9 Å². The zero-order valence-electron chi connectivity index (χ0n) is 14.4. The molecule has 0 saturated heterocycles. The maximum Gasteiger partial charge on any atom is 0.273 e. The van der Waals surface area contributed by atoms with Gasteiger partial charge < -0.3 is 9.88 Å². The number of carbonyl (C=O) groups is 1. The van der Waals surface area contributed by atoms with Gasteiger partial charge in [-0.3, -0.25) is 4.79 Å². The molecule has 2 heterocycles. The van der Waals surface area contributed by atoms with Crippen LogP contribution in [0.4, 0.5) is 14.5 Å². The summed E-state index contributed by atoms with van der Waals surface area (Å²) in [7, 11) is -2.98. The number of halogens is 4. The van der Waals surface area contributed by atoms with Gasteiger partial charge in [0.1, 0.15) is 15.7 Å². The van der Waals surface area contributed by atoms with Gasteiger partial charge in [0.25, 0.3) is 11.8 Å². The Morgan fingerprint density at radius 1 is 1.37 bits per heavy atom. The second-order valence-electron chi connectivity index (χ2n) is 5.89. The molecule has 0 saturated carbocycles. The average Bonchev–Trinajstić information content (AvgIpc) is 2.81. The highest BCUT2D eigenvalue weighted by Crippen LogP contribution is 2.29. The number of hydrogen-bond acceptors (Lipinski definition) is 4. The van der Waals surface area contributed by atoms with E-state index >= 15 is 0 Å². The second kappa shape index (κ2) is 7.70. The third kappa shape index (κ3) is 4.95. The van der Waals surface area contributed by atoms with E-state index in [1.807, 2.05) is 4.72 Å². The predicted octanol–water partition coefficient (Wildman–Crippen LogP) is 3.30.